The average Bonchev–Trinajstić information content (AvgIpc) is 3.27. The Morgan fingerprint density at radius 1 is 1.12 bits per heavy atom. The largest absolute Gasteiger partial charge is 0.339 e. The molecule has 1 aliphatic heterocycles. The molecule has 1 aromatic carbocycles. The number of hydrogen-bond donors (Lipinski definition) is 0. The molecule has 5 nitrogen and oxygen atoms in total. The molecule has 0 saturated carbocycles. The van der Waals surface area contributed by atoms with E-state index in [0.29, 0.717) is 11.7 Å². The fourth-order valence-electron chi connectivity index (χ4n) is 3.15. The topological polar surface area (TPSA) is 55.1 Å². The van der Waals surface area contributed by atoms with Gasteiger partial charge in [0.05, 0.1) is 5.92 Å². The van der Waals surface area contributed by atoms with E-state index in [0.717, 1.165) is 37.5 Å². The van der Waals surface area contributed by atoms with Crippen molar-refractivity contribution in [2.75, 3.05) is 13.1 Å². The van der Waals surface area contributed by atoms with E-state index < -0.39 is 0 Å². The molecule has 3 heterocycles. The van der Waals surface area contributed by atoms with Crippen molar-refractivity contribution in [1.82, 2.24) is 20.0 Å². The molecular weight excluding hydrogens is 300 g/mol. The zero-order chi connectivity index (χ0) is 16.4. The number of aromatic nitrogens is 3. The molecule has 3 aromatic rings. The fraction of sp³-hybridized carbons (Fsp3) is 0.316. The molecular formula is C19H20N4O. The summed E-state index contributed by atoms with van der Waals surface area (Å²) in [6.07, 6.45) is 4.54. The molecule has 4 rings (SSSR count). The van der Waals surface area contributed by atoms with E-state index in [4.69, 9.17) is 4.52 Å². The Hall–Kier alpha value is -2.53. The second-order valence-corrected chi connectivity index (χ2v) is 6.40. The van der Waals surface area contributed by atoms with Crippen molar-refractivity contribution in [3.05, 3.63) is 65.8 Å². The van der Waals surface area contributed by atoms with Crippen LogP contribution in [0.1, 0.15) is 29.4 Å². The molecule has 0 bridgehead atoms. The van der Waals surface area contributed by atoms with Gasteiger partial charge in [-0.15, -0.1) is 0 Å². The van der Waals surface area contributed by atoms with Crippen molar-refractivity contribution in [3.63, 3.8) is 0 Å². The first-order valence-electron chi connectivity index (χ1n) is 8.30. The molecule has 1 atom stereocenters. The number of rotatable bonds is 4. The van der Waals surface area contributed by atoms with Crippen molar-refractivity contribution in [3.8, 4) is 11.4 Å². The molecule has 0 amide bonds. The van der Waals surface area contributed by atoms with Crippen LogP contribution >= 0.6 is 0 Å². The summed E-state index contributed by atoms with van der Waals surface area (Å²) in [5.41, 5.74) is 3.59. The van der Waals surface area contributed by atoms with Crippen LogP contribution in [-0.4, -0.2) is 33.1 Å². The van der Waals surface area contributed by atoms with Gasteiger partial charge in [0.1, 0.15) is 0 Å². The van der Waals surface area contributed by atoms with Gasteiger partial charge in [0.2, 0.25) is 11.7 Å². The zero-order valence-corrected chi connectivity index (χ0v) is 13.7. The van der Waals surface area contributed by atoms with Crippen molar-refractivity contribution < 1.29 is 4.52 Å². The summed E-state index contributed by atoms with van der Waals surface area (Å²) < 4.78 is 5.51. The summed E-state index contributed by atoms with van der Waals surface area (Å²) >= 11 is 0. The summed E-state index contributed by atoms with van der Waals surface area (Å²) in [6, 6.07) is 12.5. The third-order valence-electron chi connectivity index (χ3n) is 4.53. The zero-order valence-electron chi connectivity index (χ0n) is 13.7. The van der Waals surface area contributed by atoms with Crippen LogP contribution in [0.4, 0.5) is 0 Å². The quantitative estimate of drug-likeness (QED) is 0.737. The molecule has 1 aliphatic rings. The van der Waals surface area contributed by atoms with E-state index >= 15 is 0 Å². The maximum absolute atomic E-state index is 5.51. The van der Waals surface area contributed by atoms with E-state index in [9.17, 15) is 0 Å². The van der Waals surface area contributed by atoms with Gasteiger partial charge in [-0.05, 0) is 37.6 Å². The van der Waals surface area contributed by atoms with Crippen molar-refractivity contribution >= 4 is 0 Å². The first kappa shape index (κ1) is 15.0. The van der Waals surface area contributed by atoms with E-state index in [1.54, 1.807) is 12.4 Å². The van der Waals surface area contributed by atoms with Gasteiger partial charge in [0.25, 0.3) is 0 Å². The van der Waals surface area contributed by atoms with Crippen LogP contribution in [0.3, 0.4) is 0 Å². The SMILES string of the molecule is Cc1ccc(CN2CC[C@H](c3nc(-c4ccncc4)no3)C2)cc1. The summed E-state index contributed by atoms with van der Waals surface area (Å²) in [5, 5.41) is 4.12. The molecule has 0 unspecified atom stereocenters. The molecule has 1 fully saturated rings. The van der Waals surface area contributed by atoms with Gasteiger partial charge in [-0.3, -0.25) is 9.88 Å². The standard InChI is InChI=1S/C19H20N4O/c1-14-2-4-15(5-3-14)12-23-11-8-17(13-23)19-21-18(22-24-19)16-6-9-20-10-7-16/h2-7,9-10,17H,8,11-13H2,1H3/t17-/m0/s1. The Morgan fingerprint density at radius 3 is 2.71 bits per heavy atom. The lowest BCUT2D eigenvalue weighted by molar-refractivity contribution is 0.309. The number of pyridine rings is 1. The molecule has 0 aliphatic carbocycles. The van der Waals surface area contributed by atoms with Crippen LogP contribution in [0.2, 0.25) is 0 Å². The Morgan fingerprint density at radius 2 is 1.92 bits per heavy atom. The third-order valence-corrected chi connectivity index (χ3v) is 4.53. The van der Waals surface area contributed by atoms with Crippen LogP contribution in [0.15, 0.2) is 53.3 Å². The van der Waals surface area contributed by atoms with Crippen LogP contribution in [0.5, 0.6) is 0 Å². The molecule has 0 radical (unpaired) electrons. The van der Waals surface area contributed by atoms with Crippen molar-refractivity contribution in [2.24, 2.45) is 0 Å². The summed E-state index contributed by atoms with van der Waals surface area (Å²) in [6.45, 7) is 5.12. The lowest BCUT2D eigenvalue weighted by Gasteiger charge is -2.15. The second-order valence-electron chi connectivity index (χ2n) is 6.40. The van der Waals surface area contributed by atoms with Crippen molar-refractivity contribution in [2.45, 2.75) is 25.8 Å². The predicted octanol–water partition coefficient (Wildman–Crippen LogP) is 3.43. The van der Waals surface area contributed by atoms with Gasteiger partial charge in [-0.2, -0.15) is 4.98 Å². The Balaban J connectivity index is 1.42. The number of aryl methyl sites for hydroxylation is 1. The summed E-state index contributed by atoms with van der Waals surface area (Å²) in [4.78, 5) is 11.1. The normalized spacial score (nSPS) is 18.1. The maximum atomic E-state index is 5.51. The Bertz CT molecular complexity index is 798. The summed E-state index contributed by atoms with van der Waals surface area (Å²) in [5.74, 6) is 1.70. The lowest BCUT2D eigenvalue weighted by Crippen LogP contribution is -2.19. The minimum Gasteiger partial charge on any atom is -0.339 e. The van der Waals surface area contributed by atoms with Gasteiger partial charge in [0.15, 0.2) is 0 Å². The van der Waals surface area contributed by atoms with Crippen LogP contribution in [0, 0.1) is 6.92 Å². The predicted molar refractivity (Wildman–Crippen MR) is 91.3 cm³/mol. The van der Waals surface area contributed by atoms with Crippen molar-refractivity contribution in [1.29, 1.82) is 0 Å². The van der Waals surface area contributed by atoms with E-state index in [1.807, 2.05) is 12.1 Å². The van der Waals surface area contributed by atoms with Gasteiger partial charge >= 0.3 is 0 Å². The molecule has 1 saturated heterocycles. The minimum atomic E-state index is 0.318. The minimum absolute atomic E-state index is 0.318. The molecule has 0 N–H and O–H groups in total. The fourth-order valence-corrected chi connectivity index (χ4v) is 3.15. The first-order chi connectivity index (χ1) is 11.8. The Labute approximate surface area is 141 Å². The van der Waals surface area contributed by atoms with E-state index in [-0.39, 0.29) is 0 Å². The number of nitrogens with zero attached hydrogens (tertiary/aromatic N) is 4. The summed E-state index contributed by atoms with van der Waals surface area (Å²) in [7, 11) is 0. The molecule has 2 aromatic heterocycles. The lowest BCUT2D eigenvalue weighted by atomic mass is 10.1. The number of hydrogen-bond acceptors (Lipinski definition) is 5. The highest BCUT2D eigenvalue weighted by Crippen LogP contribution is 2.28. The van der Waals surface area contributed by atoms with E-state index in [1.165, 1.54) is 11.1 Å². The maximum Gasteiger partial charge on any atom is 0.231 e. The highest BCUT2D eigenvalue weighted by atomic mass is 16.5. The average molecular weight is 320 g/mol. The smallest absolute Gasteiger partial charge is 0.231 e. The molecule has 0 spiro atoms. The first-order valence-corrected chi connectivity index (χ1v) is 8.30. The third kappa shape index (κ3) is 3.21. The number of likely N-dealkylation sites (tertiary alicyclic amines) is 1. The van der Waals surface area contributed by atoms with Gasteiger partial charge in [-0.25, -0.2) is 0 Å². The van der Waals surface area contributed by atoms with Gasteiger partial charge < -0.3 is 4.52 Å². The van der Waals surface area contributed by atoms with E-state index in [2.05, 4.69) is 51.2 Å². The highest BCUT2D eigenvalue weighted by Gasteiger charge is 2.28. The van der Waals surface area contributed by atoms with Gasteiger partial charge in [-0.1, -0.05) is 35.0 Å². The highest BCUT2D eigenvalue weighted by molar-refractivity contribution is 5.52. The molecule has 5 heteroatoms. The van der Waals surface area contributed by atoms with Gasteiger partial charge in [0, 0.05) is 31.0 Å². The molecule has 122 valence electrons. The van der Waals surface area contributed by atoms with Crippen LogP contribution < -0.4 is 0 Å². The number of benzene rings is 1. The van der Waals surface area contributed by atoms with Crippen LogP contribution in [-0.2, 0) is 6.54 Å². The Kier molecular flexibility index (Phi) is 4.09. The molecule has 24 heavy (non-hydrogen) atoms. The second kappa shape index (κ2) is 6.53. The monoisotopic (exact) mass is 320 g/mol. The van der Waals surface area contributed by atoms with Crippen LogP contribution in [0.25, 0.3) is 11.4 Å².